The Morgan fingerprint density at radius 1 is 1.32 bits per heavy atom. The number of aromatic amines is 1. The molecule has 1 aromatic carbocycles. The minimum atomic E-state index is -0.294. The van der Waals surface area contributed by atoms with E-state index < -0.39 is 0 Å². The third-order valence-electron chi connectivity index (χ3n) is 6.66. The average molecular weight is 474 g/mol. The zero-order chi connectivity index (χ0) is 23.7. The Morgan fingerprint density at radius 3 is 3.03 bits per heavy atom. The van der Waals surface area contributed by atoms with Crippen LogP contribution in [0.2, 0.25) is 0 Å². The van der Waals surface area contributed by atoms with Crippen LogP contribution in [0.1, 0.15) is 62.1 Å². The quantitative estimate of drug-likeness (QED) is 0.446. The number of hydrogen-bond donors (Lipinski definition) is 2. The number of aliphatic imine (C=N–C) groups is 1. The van der Waals surface area contributed by atoms with E-state index in [0.29, 0.717) is 10.7 Å². The molecular weight excluding hydrogens is 446 g/mol. The van der Waals surface area contributed by atoms with Crippen molar-refractivity contribution in [2.45, 2.75) is 44.7 Å². The molecule has 0 spiro atoms. The maximum Gasteiger partial charge on any atom is 0.305 e. The molecule has 0 bridgehead atoms. The number of aromatic nitrogens is 2. The van der Waals surface area contributed by atoms with Gasteiger partial charge in [0.05, 0.1) is 5.69 Å². The molecule has 2 aliphatic rings. The zero-order valence-electron chi connectivity index (χ0n) is 19.1. The van der Waals surface area contributed by atoms with Crippen molar-refractivity contribution in [1.82, 2.24) is 20.2 Å². The van der Waals surface area contributed by atoms with Crippen molar-refractivity contribution < 1.29 is 9.59 Å². The van der Waals surface area contributed by atoms with E-state index >= 15 is 0 Å². The van der Waals surface area contributed by atoms with E-state index in [4.69, 9.17) is 6.42 Å². The molecule has 2 atom stereocenters. The van der Waals surface area contributed by atoms with Crippen LogP contribution in [0.4, 0.5) is 0 Å². The first-order chi connectivity index (χ1) is 16.5. The number of nitrogens with one attached hydrogen (secondary N) is 2. The van der Waals surface area contributed by atoms with Gasteiger partial charge in [0, 0.05) is 59.0 Å². The minimum absolute atomic E-state index is 0.0137. The molecule has 34 heavy (non-hydrogen) atoms. The van der Waals surface area contributed by atoms with Crippen LogP contribution in [0.15, 0.2) is 29.3 Å². The number of thiazole rings is 1. The van der Waals surface area contributed by atoms with Crippen LogP contribution < -0.4 is 5.32 Å². The lowest BCUT2D eigenvalue weighted by Crippen LogP contribution is -2.42. The molecule has 5 rings (SSSR count). The minimum Gasteiger partial charge on any atom is -0.351 e. The second-order valence-electron chi connectivity index (χ2n) is 9.12. The Bertz CT molecular complexity index is 1310. The van der Waals surface area contributed by atoms with E-state index in [0.717, 1.165) is 72.2 Å². The standard InChI is InChI=1S/C26H27N5O2S/c1-3-16-8-9-20-18(12-16)13-22(28-20)24(32)29-19-7-5-4-6-17(19)14-27-25(33)26-30-21-10-11-31(2)15-23(21)34-26/h1,8-9,12-14,17,19,28H,4-7,10-11,15H2,2H3,(H,29,32). The first-order valence-electron chi connectivity index (χ1n) is 11.7. The summed E-state index contributed by atoms with van der Waals surface area (Å²) in [4.78, 5) is 41.0. The van der Waals surface area contributed by atoms with Crippen molar-refractivity contribution in [3.8, 4) is 12.3 Å². The van der Waals surface area contributed by atoms with Gasteiger partial charge in [-0.05, 0) is 44.2 Å². The molecule has 2 N–H and O–H groups in total. The fraction of sp³-hybridized carbons (Fsp3) is 0.385. The van der Waals surface area contributed by atoms with Gasteiger partial charge in [0.1, 0.15) is 5.69 Å². The molecule has 2 aromatic heterocycles. The summed E-state index contributed by atoms with van der Waals surface area (Å²) < 4.78 is 0. The molecule has 174 valence electrons. The van der Waals surface area contributed by atoms with Crippen LogP contribution in [0, 0.1) is 18.3 Å². The highest BCUT2D eigenvalue weighted by molar-refractivity contribution is 7.13. The lowest BCUT2D eigenvalue weighted by molar-refractivity contribution is 0.0915. The van der Waals surface area contributed by atoms with Crippen molar-refractivity contribution in [1.29, 1.82) is 0 Å². The topological polar surface area (TPSA) is 90.4 Å². The van der Waals surface area contributed by atoms with Crippen molar-refractivity contribution >= 4 is 40.3 Å². The molecule has 1 fully saturated rings. The second kappa shape index (κ2) is 9.53. The number of amides is 2. The van der Waals surface area contributed by atoms with Gasteiger partial charge in [-0.25, -0.2) is 9.98 Å². The number of fused-ring (bicyclic) bond motifs is 2. The van der Waals surface area contributed by atoms with Gasteiger partial charge in [-0.3, -0.25) is 9.59 Å². The predicted octanol–water partition coefficient (Wildman–Crippen LogP) is 3.79. The van der Waals surface area contributed by atoms with E-state index in [9.17, 15) is 9.59 Å². The van der Waals surface area contributed by atoms with Gasteiger partial charge in [0.25, 0.3) is 5.91 Å². The summed E-state index contributed by atoms with van der Waals surface area (Å²) in [5, 5.41) is 4.51. The van der Waals surface area contributed by atoms with Gasteiger partial charge in [-0.2, -0.15) is 0 Å². The summed E-state index contributed by atoms with van der Waals surface area (Å²) in [7, 11) is 2.07. The summed E-state index contributed by atoms with van der Waals surface area (Å²) in [5.41, 5.74) is 3.17. The Morgan fingerprint density at radius 2 is 2.18 bits per heavy atom. The summed E-state index contributed by atoms with van der Waals surface area (Å²) in [5.74, 6) is 2.18. The number of benzene rings is 1. The van der Waals surface area contributed by atoms with Crippen LogP contribution >= 0.6 is 11.3 Å². The molecule has 1 aliphatic carbocycles. The highest BCUT2D eigenvalue weighted by atomic mass is 32.1. The average Bonchev–Trinajstić information content (AvgIpc) is 3.46. The molecule has 1 aliphatic heterocycles. The lowest BCUT2D eigenvalue weighted by atomic mass is 9.85. The number of hydrogen-bond acceptors (Lipinski definition) is 5. The predicted molar refractivity (Wildman–Crippen MR) is 134 cm³/mol. The summed E-state index contributed by atoms with van der Waals surface area (Å²) in [6.45, 7) is 1.79. The first kappa shape index (κ1) is 22.5. The molecule has 0 saturated heterocycles. The Balaban J connectivity index is 1.27. The van der Waals surface area contributed by atoms with Crippen molar-refractivity contribution in [3.05, 3.63) is 51.1 Å². The van der Waals surface area contributed by atoms with Gasteiger partial charge < -0.3 is 15.2 Å². The zero-order valence-corrected chi connectivity index (χ0v) is 20.0. The maximum atomic E-state index is 13.0. The number of rotatable bonds is 4. The fourth-order valence-corrected chi connectivity index (χ4v) is 5.82. The highest BCUT2D eigenvalue weighted by Gasteiger charge is 2.27. The number of H-pyrrole nitrogens is 1. The Hall–Kier alpha value is -3.28. The SMILES string of the molecule is C#Cc1ccc2[nH]c(C(=O)NC3CCCCC3C=NC(=O)c3nc4c(s3)CN(C)CC4)cc2c1. The number of nitrogens with zero attached hydrogens (tertiary/aromatic N) is 3. The smallest absolute Gasteiger partial charge is 0.305 e. The molecular formula is C26H27N5O2S. The first-order valence-corrected chi connectivity index (χ1v) is 12.5. The van der Waals surface area contributed by atoms with Gasteiger partial charge in [0.2, 0.25) is 0 Å². The maximum absolute atomic E-state index is 13.0. The Labute approximate surface area is 202 Å². The third-order valence-corrected chi connectivity index (χ3v) is 7.73. The molecule has 3 heterocycles. The number of carbonyl (C=O) groups excluding carboxylic acids is 2. The van der Waals surface area contributed by atoms with Crippen LogP contribution in [-0.4, -0.2) is 52.5 Å². The van der Waals surface area contributed by atoms with E-state index in [1.807, 2.05) is 24.3 Å². The largest absolute Gasteiger partial charge is 0.351 e. The molecule has 1 saturated carbocycles. The molecule has 0 radical (unpaired) electrons. The van der Waals surface area contributed by atoms with E-state index in [2.05, 4.69) is 38.1 Å². The second-order valence-corrected chi connectivity index (χ2v) is 10.2. The fourth-order valence-electron chi connectivity index (χ4n) is 4.74. The van der Waals surface area contributed by atoms with Gasteiger partial charge in [-0.1, -0.05) is 18.8 Å². The Kier molecular flexibility index (Phi) is 6.31. The molecule has 3 aromatic rings. The number of likely N-dealkylation sites (N-methyl/N-ethyl adjacent to an activating group) is 1. The number of carbonyl (C=O) groups is 2. The van der Waals surface area contributed by atoms with Crippen LogP contribution in [0.3, 0.4) is 0 Å². The van der Waals surface area contributed by atoms with Crippen LogP contribution in [0.25, 0.3) is 10.9 Å². The van der Waals surface area contributed by atoms with E-state index in [1.54, 1.807) is 6.21 Å². The molecule has 7 nitrogen and oxygen atoms in total. The molecule has 2 unspecified atom stereocenters. The van der Waals surface area contributed by atoms with Gasteiger partial charge in [-0.15, -0.1) is 17.8 Å². The van der Waals surface area contributed by atoms with Crippen molar-refractivity contribution in [3.63, 3.8) is 0 Å². The summed E-state index contributed by atoms with van der Waals surface area (Å²) >= 11 is 1.44. The summed E-state index contributed by atoms with van der Waals surface area (Å²) in [6.07, 6.45) is 11.9. The number of terminal acetylenes is 1. The lowest BCUT2D eigenvalue weighted by Gasteiger charge is -2.29. The molecule has 8 heteroatoms. The van der Waals surface area contributed by atoms with Gasteiger partial charge in [0.15, 0.2) is 5.01 Å². The summed E-state index contributed by atoms with van der Waals surface area (Å²) in [6, 6.07) is 7.38. The monoisotopic (exact) mass is 473 g/mol. The van der Waals surface area contributed by atoms with E-state index in [-0.39, 0.29) is 23.8 Å². The van der Waals surface area contributed by atoms with Crippen molar-refractivity contribution in [2.75, 3.05) is 13.6 Å². The van der Waals surface area contributed by atoms with Crippen LogP contribution in [-0.2, 0) is 13.0 Å². The van der Waals surface area contributed by atoms with Crippen molar-refractivity contribution in [2.24, 2.45) is 10.9 Å². The molecule has 2 amide bonds. The highest BCUT2D eigenvalue weighted by Crippen LogP contribution is 2.26. The normalized spacial score (nSPS) is 20.8. The third kappa shape index (κ3) is 4.67. The van der Waals surface area contributed by atoms with E-state index in [1.165, 1.54) is 11.3 Å². The van der Waals surface area contributed by atoms with Gasteiger partial charge >= 0.3 is 5.91 Å². The van der Waals surface area contributed by atoms with Crippen LogP contribution in [0.5, 0.6) is 0 Å².